The van der Waals surface area contributed by atoms with Gasteiger partial charge in [0, 0.05) is 25.3 Å². The van der Waals surface area contributed by atoms with Gasteiger partial charge in [0.1, 0.15) is 0 Å². The highest BCUT2D eigenvalue weighted by molar-refractivity contribution is 5.90. The van der Waals surface area contributed by atoms with Crippen LogP contribution in [0.4, 0.5) is 5.69 Å². The molecule has 0 aliphatic carbocycles. The lowest BCUT2D eigenvalue weighted by atomic mass is 10.1. The topological polar surface area (TPSA) is 50.4 Å². The summed E-state index contributed by atoms with van der Waals surface area (Å²) in [6.07, 6.45) is 3.84. The molecule has 20 heavy (non-hydrogen) atoms. The molecule has 2 N–H and O–H groups in total. The number of rotatable bonds is 7. The Morgan fingerprint density at radius 3 is 3.10 bits per heavy atom. The second-order valence-corrected chi connectivity index (χ2v) is 5.20. The number of carbonyl (C=O) groups is 1. The van der Waals surface area contributed by atoms with Crippen LogP contribution in [0.15, 0.2) is 24.3 Å². The van der Waals surface area contributed by atoms with Crippen LogP contribution in [0.5, 0.6) is 0 Å². The molecule has 0 aromatic heterocycles. The van der Waals surface area contributed by atoms with Crippen LogP contribution in [0.2, 0.25) is 0 Å². The maximum atomic E-state index is 11.9. The van der Waals surface area contributed by atoms with Crippen molar-refractivity contribution in [1.29, 1.82) is 0 Å². The minimum Gasteiger partial charge on any atom is -0.378 e. The number of benzene rings is 1. The summed E-state index contributed by atoms with van der Waals surface area (Å²) in [6.45, 7) is 4.70. The molecule has 1 unspecified atom stereocenters. The number of nitrogens with one attached hydrogen (secondary N) is 2. The highest BCUT2D eigenvalue weighted by Crippen LogP contribution is 2.17. The second-order valence-electron chi connectivity index (χ2n) is 5.20. The van der Waals surface area contributed by atoms with Crippen molar-refractivity contribution in [3.63, 3.8) is 0 Å². The molecule has 0 radical (unpaired) electrons. The molecule has 1 heterocycles. The molecule has 1 atom stereocenters. The summed E-state index contributed by atoms with van der Waals surface area (Å²) in [7, 11) is 0. The summed E-state index contributed by atoms with van der Waals surface area (Å²) in [5.74, 6) is 0.0705. The molecule has 1 aliphatic rings. The van der Waals surface area contributed by atoms with Crippen LogP contribution in [-0.4, -0.2) is 25.2 Å². The van der Waals surface area contributed by atoms with E-state index < -0.39 is 0 Å². The average molecular weight is 276 g/mol. The summed E-state index contributed by atoms with van der Waals surface area (Å²) >= 11 is 0. The Hall–Kier alpha value is -1.39. The van der Waals surface area contributed by atoms with Gasteiger partial charge < -0.3 is 15.4 Å². The summed E-state index contributed by atoms with van der Waals surface area (Å²) in [4.78, 5) is 11.9. The van der Waals surface area contributed by atoms with Crippen molar-refractivity contribution in [1.82, 2.24) is 5.32 Å². The van der Waals surface area contributed by atoms with Gasteiger partial charge in [-0.3, -0.25) is 4.79 Å². The number of hydrogen-bond acceptors (Lipinski definition) is 3. The van der Waals surface area contributed by atoms with Crippen LogP contribution >= 0.6 is 0 Å². The van der Waals surface area contributed by atoms with Gasteiger partial charge in [-0.1, -0.05) is 19.1 Å². The number of hydrogen-bond donors (Lipinski definition) is 2. The van der Waals surface area contributed by atoms with Crippen molar-refractivity contribution in [2.45, 2.75) is 45.3 Å². The van der Waals surface area contributed by atoms with E-state index in [9.17, 15) is 4.79 Å². The van der Waals surface area contributed by atoms with Gasteiger partial charge >= 0.3 is 0 Å². The molecule has 1 saturated heterocycles. The van der Waals surface area contributed by atoms with E-state index in [1.54, 1.807) is 0 Å². The number of anilines is 1. The predicted molar refractivity (Wildman–Crippen MR) is 80.7 cm³/mol. The van der Waals surface area contributed by atoms with Crippen LogP contribution in [0.1, 0.15) is 38.2 Å². The Labute approximate surface area is 120 Å². The normalized spacial score (nSPS) is 18.1. The monoisotopic (exact) mass is 276 g/mol. The molecule has 1 aromatic carbocycles. The third kappa shape index (κ3) is 4.94. The van der Waals surface area contributed by atoms with E-state index in [0.29, 0.717) is 6.42 Å². The zero-order chi connectivity index (χ0) is 14.2. The fraction of sp³-hybridized carbons (Fsp3) is 0.562. The van der Waals surface area contributed by atoms with Gasteiger partial charge in [-0.15, -0.1) is 0 Å². The first-order chi connectivity index (χ1) is 9.78. The molecule has 0 spiro atoms. The van der Waals surface area contributed by atoms with Gasteiger partial charge in [-0.05, 0) is 43.5 Å². The van der Waals surface area contributed by atoms with Crippen molar-refractivity contribution in [3.05, 3.63) is 29.8 Å². The zero-order valence-electron chi connectivity index (χ0n) is 12.2. The van der Waals surface area contributed by atoms with E-state index in [1.165, 1.54) is 5.56 Å². The van der Waals surface area contributed by atoms with E-state index in [4.69, 9.17) is 4.74 Å². The van der Waals surface area contributed by atoms with Gasteiger partial charge in [0.2, 0.25) is 5.91 Å². The lowest BCUT2D eigenvalue weighted by Crippen LogP contribution is -2.16. The van der Waals surface area contributed by atoms with E-state index in [-0.39, 0.29) is 12.0 Å². The first-order valence-corrected chi connectivity index (χ1v) is 7.49. The molecule has 1 aromatic rings. The van der Waals surface area contributed by atoms with Gasteiger partial charge in [-0.25, -0.2) is 0 Å². The Balaban J connectivity index is 1.77. The summed E-state index contributed by atoms with van der Waals surface area (Å²) in [5.41, 5.74) is 2.06. The largest absolute Gasteiger partial charge is 0.378 e. The molecule has 0 saturated carbocycles. The molecule has 2 rings (SSSR count). The molecule has 1 fully saturated rings. The van der Waals surface area contributed by atoms with Gasteiger partial charge in [0.15, 0.2) is 0 Å². The van der Waals surface area contributed by atoms with Crippen LogP contribution in [0.25, 0.3) is 0 Å². The predicted octanol–water partition coefficient (Wildman–Crippen LogP) is 2.69. The van der Waals surface area contributed by atoms with Gasteiger partial charge in [0.25, 0.3) is 0 Å². The molecule has 4 heteroatoms. The van der Waals surface area contributed by atoms with Crippen LogP contribution < -0.4 is 10.6 Å². The Morgan fingerprint density at radius 1 is 1.45 bits per heavy atom. The van der Waals surface area contributed by atoms with Crippen LogP contribution in [0.3, 0.4) is 0 Å². The Morgan fingerprint density at radius 2 is 2.35 bits per heavy atom. The Kier molecular flexibility index (Phi) is 6.02. The van der Waals surface area contributed by atoms with Crippen LogP contribution in [0, 0.1) is 0 Å². The lowest BCUT2D eigenvalue weighted by molar-refractivity contribution is -0.116. The summed E-state index contributed by atoms with van der Waals surface area (Å²) < 4.78 is 5.53. The van der Waals surface area contributed by atoms with Crippen molar-refractivity contribution < 1.29 is 9.53 Å². The highest BCUT2D eigenvalue weighted by Gasteiger charge is 2.16. The second kappa shape index (κ2) is 8.02. The summed E-state index contributed by atoms with van der Waals surface area (Å²) in [5, 5.41) is 6.24. The van der Waals surface area contributed by atoms with Gasteiger partial charge in [0.05, 0.1) is 6.10 Å². The minimum atomic E-state index is 0.0705. The molecule has 110 valence electrons. The first kappa shape index (κ1) is 15.0. The highest BCUT2D eigenvalue weighted by atomic mass is 16.5. The smallest absolute Gasteiger partial charge is 0.224 e. The fourth-order valence-corrected chi connectivity index (χ4v) is 2.42. The third-order valence-electron chi connectivity index (χ3n) is 3.51. The van der Waals surface area contributed by atoms with Crippen molar-refractivity contribution in [2.75, 3.05) is 18.5 Å². The molecule has 1 aliphatic heterocycles. The maximum absolute atomic E-state index is 11.9. The maximum Gasteiger partial charge on any atom is 0.224 e. The molecule has 4 nitrogen and oxygen atoms in total. The van der Waals surface area contributed by atoms with Crippen molar-refractivity contribution in [2.24, 2.45) is 0 Å². The number of ether oxygens (including phenoxy) is 1. The van der Waals surface area contributed by atoms with E-state index >= 15 is 0 Å². The molecular weight excluding hydrogens is 252 g/mol. The van der Waals surface area contributed by atoms with E-state index in [2.05, 4.69) is 23.6 Å². The lowest BCUT2D eigenvalue weighted by Gasteiger charge is -2.10. The van der Waals surface area contributed by atoms with Gasteiger partial charge in [-0.2, -0.15) is 0 Å². The molecule has 1 amide bonds. The summed E-state index contributed by atoms with van der Waals surface area (Å²) in [6, 6.07) is 7.99. The van der Waals surface area contributed by atoms with Crippen molar-refractivity contribution >= 4 is 11.6 Å². The number of amides is 1. The van der Waals surface area contributed by atoms with E-state index in [1.807, 2.05) is 18.2 Å². The third-order valence-corrected chi connectivity index (χ3v) is 3.51. The standard InChI is InChI=1S/C16H24N2O2/c1-2-17-12-13-5-3-6-14(11-13)18-16(19)9-8-15-7-4-10-20-15/h3,5-6,11,15,17H,2,4,7-10,12H2,1H3,(H,18,19). The molecular formula is C16H24N2O2. The first-order valence-electron chi connectivity index (χ1n) is 7.49. The number of carbonyl (C=O) groups excluding carboxylic acids is 1. The van der Waals surface area contributed by atoms with E-state index in [0.717, 1.165) is 44.6 Å². The zero-order valence-corrected chi connectivity index (χ0v) is 12.2. The SMILES string of the molecule is CCNCc1cccc(NC(=O)CCC2CCCO2)c1. The van der Waals surface area contributed by atoms with Crippen molar-refractivity contribution in [3.8, 4) is 0 Å². The average Bonchev–Trinajstić information content (AvgIpc) is 2.97. The van der Waals surface area contributed by atoms with Crippen LogP contribution in [-0.2, 0) is 16.1 Å². The fourth-order valence-electron chi connectivity index (χ4n) is 2.42. The quantitative estimate of drug-likeness (QED) is 0.805. The Bertz CT molecular complexity index is 428. The molecule has 0 bridgehead atoms. The minimum absolute atomic E-state index is 0.0705.